The maximum absolute atomic E-state index is 5.77. The van der Waals surface area contributed by atoms with Crippen molar-refractivity contribution in [3.05, 3.63) is 28.2 Å². The van der Waals surface area contributed by atoms with Gasteiger partial charge in [0, 0.05) is 17.6 Å². The molecule has 1 aromatic heterocycles. The molecule has 1 aliphatic rings. The molecule has 1 fully saturated rings. The van der Waals surface area contributed by atoms with Crippen LogP contribution in [0.15, 0.2) is 22.7 Å². The van der Waals surface area contributed by atoms with Crippen LogP contribution in [0.3, 0.4) is 0 Å². The van der Waals surface area contributed by atoms with E-state index in [9.17, 15) is 0 Å². The van der Waals surface area contributed by atoms with Gasteiger partial charge in [-0.15, -0.1) is 0 Å². The lowest BCUT2D eigenvalue weighted by Gasteiger charge is -2.16. The first-order valence-electron chi connectivity index (χ1n) is 6.82. The molecule has 0 atom stereocenters. The Hall–Kier alpha value is -1.89. The second-order valence-electron chi connectivity index (χ2n) is 4.98. The number of nitrogen functional groups attached to an aromatic ring is 1. The molecule has 1 aliphatic heterocycles. The number of benzene rings is 1. The predicted octanol–water partition coefficient (Wildman–Crippen LogP) is 2.92. The van der Waals surface area contributed by atoms with Gasteiger partial charge in [-0.1, -0.05) is 22.0 Å². The minimum absolute atomic E-state index is 0.176. The van der Waals surface area contributed by atoms with Crippen LogP contribution < -0.4 is 15.4 Å². The molecule has 0 amide bonds. The third kappa shape index (κ3) is 3.24. The van der Waals surface area contributed by atoms with Gasteiger partial charge in [0.1, 0.15) is 5.75 Å². The topological polar surface area (TPSA) is 77.2 Å². The summed E-state index contributed by atoms with van der Waals surface area (Å²) < 4.78 is 6.71. The van der Waals surface area contributed by atoms with Crippen molar-refractivity contribution in [2.45, 2.75) is 19.8 Å². The summed E-state index contributed by atoms with van der Waals surface area (Å²) in [7, 11) is 0. The summed E-state index contributed by atoms with van der Waals surface area (Å²) in [6.45, 7) is 3.85. The Morgan fingerprint density at radius 2 is 1.95 bits per heavy atom. The second-order valence-corrected chi connectivity index (χ2v) is 5.90. The van der Waals surface area contributed by atoms with Crippen LogP contribution in [-0.4, -0.2) is 28.0 Å². The van der Waals surface area contributed by atoms with Crippen molar-refractivity contribution in [3.8, 4) is 11.8 Å². The van der Waals surface area contributed by atoms with Crippen LogP contribution in [0.1, 0.15) is 18.4 Å². The van der Waals surface area contributed by atoms with Gasteiger partial charge in [-0.25, -0.2) is 0 Å². The normalized spacial score (nSPS) is 14.5. The van der Waals surface area contributed by atoms with Crippen molar-refractivity contribution in [3.63, 3.8) is 0 Å². The minimum Gasteiger partial charge on any atom is -0.424 e. The summed E-state index contributed by atoms with van der Waals surface area (Å²) in [6, 6.07) is 6.03. The van der Waals surface area contributed by atoms with E-state index in [0.29, 0.717) is 11.7 Å². The van der Waals surface area contributed by atoms with Crippen LogP contribution in [0.2, 0.25) is 0 Å². The SMILES string of the molecule is Cc1ccc(Br)cc1Oc1nc(N)nc(N2CCCC2)n1. The highest BCUT2D eigenvalue weighted by Gasteiger charge is 2.17. The largest absolute Gasteiger partial charge is 0.424 e. The number of hydrogen-bond donors (Lipinski definition) is 1. The smallest absolute Gasteiger partial charge is 0.328 e. The van der Waals surface area contributed by atoms with Crippen molar-refractivity contribution in [1.82, 2.24) is 15.0 Å². The molecule has 21 heavy (non-hydrogen) atoms. The fraction of sp³-hybridized carbons (Fsp3) is 0.357. The molecular weight excluding hydrogens is 334 g/mol. The van der Waals surface area contributed by atoms with Crippen LogP contribution in [0.4, 0.5) is 11.9 Å². The molecule has 3 rings (SSSR count). The number of nitrogens with two attached hydrogens (primary N) is 1. The number of ether oxygens (including phenoxy) is 1. The molecule has 0 aliphatic carbocycles. The Morgan fingerprint density at radius 1 is 1.19 bits per heavy atom. The van der Waals surface area contributed by atoms with Gasteiger partial charge in [0.05, 0.1) is 0 Å². The number of anilines is 2. The second kappa shape index (κ2) is 5.85. The lowest BCUT2D eigenvalue weighted by Crippen LogP contribution is -2.21. The molecule has 1 aromatic carbocycles. The molecule has 0 saturated carbocycles. The maximum Gasteiger partial charge on any atom is 0.328 e. The highest BCUT2D eigenvalue weighted by molar-refractivity contribution is 9.10. The molecule has 2 N–H and O–H groups in total. The molecule has 7 heteroatoms. The fourth-order valence-corrected chi connectivity index (χ4v) is 2.59. The summed E-state index contributed by atoms with van der Waals surface area (Å²) in [4.78, 5) is 14.7. The van der Waals surface area contributed by atoms with E-state index in [2.05, 4.69) is 35.8 Å². The third-order valence-electron chi connectivity index (χ3n) is 3.36. The standard InChI is InChI=1S/C14H16BrN5O/c1-9-4-5-10(15)8-11(9)21-14-18-12(16)17-13(19-14)20-6-2-3-7-20/h4-5,8H,2-3,6-7H2,1H3,(H2,16,17,18,19). The van der Waals surface area contributed by atoms with Crippen molar-refractivity contribution >= 4 is 27.8 Å². The van der Waals surface area contributed by atoms with Crippen LogP contribution in [0, 0.1) is 6.92 Å². The summed E-state index contributed by atoms with van der Waals surface area (Å²) >= 11 is 3.43. The van der Waals surface area contributed by atoms with Crippen molar-refractivity contribution in [1.29, 1.82) is 0 Å². The third-order valence-corrected chi connectivity index (χ3v) is 3.85. The molecule has 2 heterocycles. The number of rotatable bonds is 3. The molecule has 6 nitrogen and oxygen atoms in total. The summed E-state index contributed by atoms with van der Waals surface area (Å²) in [5.74, 6) is 1.46. The van der Waals surface area contributed by atoms with Gasteiger partial charge in [-0.2, -0.15) is 15.0 Å². The molecular formula is C14H16BrN5O. The Bertz CT molecular complexity index is 658. The molecule has 1 saturated heterocycles. The van der Waals surface area contributed by atoms with Gasteiger partial charge in [0.25, 0.3) is 0 Å². The summed E-state index contributed by atoms with van der Waals surface area (Å²) in [5.41, 5.74) is 6.77. The highest BCUT2D eigenvalue weighted by atomic mass is 79.9. The zero-order valence-corrected chi connectivity index (χ0v) is 13.3. The number of aromatic nitrogens is 3. The van der Waals surface area contributed by atoms with Gasteiger partial charge >= 0.3 is 6.01 Å². The molecule has 2 aromatic rings. The van der Waals surface area contributed by atoms with Gasteiger partial charge in [-0.3, -0.25) is 0 Å². The van der Waals surface area contributed by atoms with E-state index >= 15 is 0 Å². The van der Waals surface area contributed by atoms with Crippen LogP contribution in [-0.2, 0) is 0 Å². The Morgan fingerprint density at radius 3 is 2.71 bits per heavy atom. The molecule has 0 spiro atoms. The van der Waals surface area contributed by atoms with Crippen LogP contribution in [0.5, 0.6) is 11.8 Å². The fourth-order valence-electron chi connectivity index (χ4n) is 2.25. The molecule has 0 unspecified atom stereocenters. The first-order chi connectivity index (χ1) is 10.1. The van der Waals surface area contributed by atoms with Crippen molar-refractivity contribution in [2.24, 2.45) is 0 Å². The van der Waals surface area contributed by atoms with Crippen molar-refractivity contribution in [2.75, 3.05) is 23.7 Å². The zero-order chi connectivity index (χ0) is 14.8. The van der Waals surface area contributed by atoms with Gasteiger partial charge in [-0.05, 0) is 37.5 Å². The predicted molar refractivity (Wildman–Crippen MR) is 84.6 cm³/mol. The number of halogens is 1. The number of hydrogen-bond acceptors (Lipinski definition) is 6. The highest BCUT2D eigenvalue weighted by Crippen LogP contribution is 2.27. The van der Waals surface area contributed by atoms with Gasteiger partial charge < -0.3 is 15.4 Å². The average molecular weight is 350 g/mol. The summed E-state index contributed by atoms with van der Waals surface area (Å²) in [5, 5.41) is 0. The maximum atomic E-state index is 5.77. The van der Waals surface area contributed by atoms with Crippen molar-refractivity contribution < 1.29 is 4.74 Å². The minimum atomic E-state index is 0.176. The van der Waals surface area contributed by atoms with E-state index in [4.69, 9.17) is 10.5 Å². The Kier molecular flexibility index (Phi) is 3.92. The Labute approximate surface area is 131 Å². The number of aryl methyl sites for hydroxylation is 1. The van der Waals surface area contributed by atoms with E-state index in [1.54, 1.807) is 0 Å². The molecule has 110 valence electrons. The number of nitrogens with zero attached hydrogens (tertiary/aromatic N) is 4. The lowest BCUT2D eigenvalue weighted by atomic mass is 10.2. The van der Waals surface area contributed by atoms with Crippen LogP contribution >= 0.6 is 15.9 Å². The van der Waals surface area contributed by atoms with Crippen LogP contribution in [0.25, 0.3) is 0 Å². The summed E-state index contributed by atoms with van der Waals surface area (Å²) in [6.07, 6.45) is 2.29. The first kappa shape index (κ1) is 14.1. The first-order valence-corrected chi connectivity index (χ1v) is 7.61. The van der Waals surface area contributed by atoms with E-state index < -0.39 is 0 Å². The lowest BCUT2D eigenvalue weighted by molar-refractivity contribution is 0.437. The van der Waals surface area contributed by atoms with E-state index in [1.807, 2.05) is 25.1 Å². The van der Waals surface area contributed by atoms with E-state index in [1.165, 1.54) is 0 Å². The monoisotopic (exact) mass is 349 g/mol. The quantitative estimate of drug-likeness (QED) is 0.917. The molecule has 0 bridgehead atoms. The zero-order valence-electron chi connectivity index (χ0n) is 11.7. The Balaban J connectivity index is 1.89. The van der Waals surface area contributed by atoms with E-state index in [-0.39, 0.29) is 12.0 Å². The van der Waals surface area contributed by atoms with E-state index in [0.717, 1.165) is 36.0 Å². The van der Waals surface area contributed by atoms with Gasteiger partial charge in [0.2, 0.25) is 11.9 Å². The average Bonchev–Trinajstić information content (AvgIpc) is 2.96. The molecule has 0 radical (unpaired) electrons. The van der Waals surface area contributed by atoms with Gasteiger partial charge in [0.15, 0.2) is 0 Å².